The Bertz CT molecular complexity index is 1110. The standard InChI is InChI=1S/C23H28N2O5S/c1-15-6-8-25(9-7-15)31(27,28)22-12-19(10-16(2)17(22)3)23(26)24-13-18-4-5-20-21(11-18)30-14-29-20/h4-5,10-12,15H,6-9,13-14H2,1-3H3,(H,24,26). The van der Waals surface area contributed by atoms with Crippen LogP contribution < -0.4 is 14.8 Å². The Morgan fingerprint density at radius 3 is 2.55 bits per heavy atom. The van der Waals surface area contributed by atoms with E-state index >= 15 is 0 Å². The first kappa shape index (κ1) is 21.6. The average Bonchev–Trinajstić information content (AvgIpc) is 3.22. The molecular weight excluding hydrogens is 416 g/mol. The molecule has 2 aliphatic heterocycles. The highest BCUT2D eigenvalue weighted by Crippen LogP contribution is 2.32. The van der Waals surface area contributed by atoms with Crippen molar-refractivity contribution in [3.8, 4) is 11.5 Å². The summed E-state index contributed by atoms with van der Waals surface area (Å²) in [4.78, 5) is 13.1. The third-order valence-electron chi connectivity index (χ3n) is 6.13. The summed E-state index contributed by atoms with van der Waals surface area (Å²) in [6, 6.07) is 8.74. The van der Waals surface area contributed by atoms with E-state index in [1.807, 2.05) is 25.1 Å². The number of benzene rings is 2. The van der Waals surface area contributed by atoms with Crippen molar-refractivity contribution in [2.24, 2.45) is 5.92 Å². The minimum absolute atomic E-state index is 0.195. The van der Waals surface area contributed by atoms with Gasteiger partial charge in [0.1, 0.15) is 0 Å². The second-order valence-electron chi connectivity index (χ2n) is 8.37. The van der Waals surface area contributed by atoms with Crippen molar-refractivity contribution in [3.63, 3.8) is 0 Å². The summed E-state index contributed by atoms with van der Waals surface area (Å²) in [6.07, 6.45) is 1.71. The Hall–Kier alpha value is -2.58. The summed E-state index contributed by atoms with van der Waals surface area (Å²) in [6.45, 7) is 7.30. The molecule has 2 aromatic carbocycles. The second-order valence-corrected chi connectivity index (χ2v) is 10.3. The molecule has 2 heterocycles. The number of rotatable bonds is 5. The van der Waals surface area contributed by atoms with E-state index in [1.54, 1.807) is 17.3 Å². The molecule has 1 fully saturated rings. The molecule has 0 saturated carbocycles. The van der Waals surface area contributed by atoms with E-state index in [0.29, 0.717) is 48.2 Å². The Balaban J connectivity index is 1.53. The maximum Gasteiger partial charge on any atom is 0.251 e. The molecule has 8 heteroatoms. The van der Waals surface area contributed by atoms with Crippen molar-refractivity contribution in [2.45, 2.75) is 45.1 Å². The lowest BCUT2D eigenvalue weighted by Gasteiger charge is -2.30. The first-order valence-electron chi connectivity index (χ1n) is 10.5. The first-order chi connectivity index (χ1) is 14.8. The van der Waals surface area contributed by atoms with Gasteiger partial charge in [0.15, 0.2) is 11.5 Å². The molecule has 0 spiro atoms. The quantitative estimate of drug-likeness (QED) is 0.764. The predicted octanol–water partition coefficient (Wildman–Crippen LogP) is 3.38. The molecule has 31 heavy (non-hydrogen) atoms. The Morgan fingerprint density at radius 1 is 1.10 bits per heavy atom. The fourth-order valence-electron chi connectivity index (χ4n) is 3.93. The van der Waals surface area contributed by atoms with Gasteiger partial charge in [0.25, 0.3) is 5.91 Å². The Morgan fingerprint density at radius 2 is 1.81 bits per heavy atom. The number of fused-ring (bicyclic) bond motifs is 1. The number of nitrogens with zero attached hydrogens (tertiary/aromatic N) is 1. The third kappa shape index (κ3) is 4.41. The number of hydrogen-bond donors (Lipinski definition) is 1. The lowest BCUT2D eigenvalue weighted by atomic mass is 10.0. The molecule has 0 aliphatic carbocycles. The number of ether oxygens (including phenoxy) is 2. The zero-order valence-corrected chi connectivity index (χ0v) is 18.9. The van der Waals surface area contributed by atoms with E-state index in [4.69, 9.17) is 9.47 Å². The van der Waals surface area contributed by atoms with Crippen LogP contribution in [0.15, 0.2) is 35.2 Å². The molecular formula is C23H28N2O5S. The lowest BCUT2D eigenvalue weighted by Crippen LogP contribution is -2.38. The van der Waals surface area contributed by atoms with Crippen molar-refractivity contribution < 1.29 is 22.7 Å². The third-order valence-corrected chi connectivity index (χ3v) is 8.16. The van der Waals surface area contributed by atoms with Gasteiger partial charge in [-0.1, -0.05) is 13.0 Å². The van der Waals surface area contributed by atoms with Crippen LogP contribution in [-0.2, 0) is 16.6 Å². The van der Waals surface area contributed by atoms with E-state index in [9.17, 15) is 13.2 Å². The van der Waals surface area contributed by atoms with Gasteiger partial charge in [-0.05, 0) is 73.6 Å². The zero-order chi connectivity index (χ0) is 22.2. The predicted molar refractivity (Wildman–Crippen MR) is 117 cm³/mol. The average molecular weight is 445 g/mol. The number of nitrogens with one attached hydrogen (secondary N) is 1. The molecule has 0 radical (unpaired) electrons. The molecule has 166 valence electrons. The molecule has 1 saturated heterocycles. The summed E-state index contributed by atoms with van der Waals surface area (Å²) < 4.78 is 38.8. The smallest absolute Gasteiger partial charge is 0.251 e. The number of piperidine rings is 1. The molecule has 0 unspecified atom stereocenters. The van der Waals surface area contributed by atoms with Crippen LogP contribution in [0.2, 0.25) is 0 Å². The van der Waals surface area contributed by atoms with Gasteiger partial charge in [0.05, 0.1) is 4.90 Å². The van der Waals surface area contributed by atoms with Crippen LogP contribution in [0.3, 0.4) is 0 Å². The van der Waals surface area contributed by atoms with Gasteiger partial charge < -0.3 is 14.8 Å². The minimum Gasteiger partial charge on any atom is -0.454 e. The van der Waals surface area contributed by atoms with Crippen LogP contribution in [0.25, 0.3) is 0 Å². The van der Waals surface area contributed by atoms with E-state index in [0.717, 1.165) is 24.0 Å². The molecule has 2 aromatic rings. The van der Waals surface area contributed by atoms with Crippen molar-refractivity contribution in [2.75, 3.05) is 19.9 Å². The molecule has 0 aromatic heterocycles. The number of amides is 1. The van der Waals surface area contributed by atoms with Crippen LogP contribution in [0, 0.1) is 19.8 Å². The molecule has 0 atom stereocenters. The number of hydrogen-bond acceptors (Lipinski definition) is 5. The molecule has 1 amide bonds. The van der Waals surface area contributed by atoms with Gasteiger partial charge in [0.2, 0.25) is 16.8 Å². The minimum atomic E-state index is -3.65. The van der Waals surface area contributed by atoms with E-state index in [2.05, 4.69) is 12.2 Å². The summed E-state index contributed by atoms with van der Waals surface area (Å²) in [5.41, 5.74) is 2.68. The largest absolute Gasteiger partial charge is 0.454 e. The fourth-order valence-corrected chi connectivity index (χ4v) is 5.72. The monoisotopic (exact) mass is 444 g/mol. The Labute approximate surface area is 183 Å². The van der Waals surface area contributed by atoms with Crippen LogP contribution in [0.5, 0.6) is 11.5 Å². The molecule has 1 N–H and O–H groups in total. The maximum atomic E-state index is 13.3. The number of aryl methyl sites for hydroxylation is 1. The molecule has 7 nitrogen and oxygen atoms in total. The van der Waals surface area contributed by atoms with Gasteiger partial charge in [-0.2, -0.15) is 4.31 Å². The van der Waals surface area contributed by atoms with E-state index in [-0.39, 0.29) is 17.6 Å². The number of carbonyl (C=O) groups is 1. The Kier molecular flexibility index (Phi) is 5.94. The molecule has 2 aliphatic rings. The van der Waals surface area contributed by atoms with Gasteiger partial charge >= 0.3 is 0 Å². The van der Waals surface area contributed by atoms with Gasteiger partial charge in [-0.15, -0.1) is 0 Å². The van der Waals surface area contributed by atoms with E-state index < -0.39 is 10.0 Å². The van der Waals surface area contributed by atoms with Crippen LogP contribution in [0.1, 0.15) is 46.8 Å². The highest BCUT2D eigenvalue weighted by molar-refractivity contribution is 7.89. The summed E-state index contributed by atoms with van der Waals surface area (Å²) in [5.74, 6) is 1.56. The fraction of sp³-hybridized carbons (Fsp3) is 0.435. The second kappa shape index (κ2) is 8.51. The van der Waals surface area contributed by atoms with Gasteiger partial charge in [-0.25, -0.2) is 8.42 Å². The van der Waals surface area contributed by atoms with Crippen molar-refractivity contribution in [1.29, 1.82) is 0 Å². The number of carbonyl (C=O) groups excluding carboxylic acids is 1. The highest BCUT2D eigenvalue weighted by atomic mass is 32.2. The van der Waals surface area contributed by atoms with Gasteiger partial charge in [-0.3, -0.25) is 4.79 Å². The SMILES string of the molecule is Cc1cc(C(=O)NCc2ccc3c(c2)OCO3)cc(S(=O)(=O)N2CCC(C)CC2)c1C. The molecule has 4 rings (SSSR count). The zero-order valence-electron chi connectivity index (χ0n) is 18.1. The highest BCUT2D eigenvalue weighted by Gasteiger charge is 2.30. The first-order valence-corrected chi connectivity index (χ1v) is 12.0. The summed E-state index contributed by atoms with van der Waals surface area (Å²) in [5, 5.41) is 2.87. The van der Waals surface area contributed by atoms with Crippen LogP contribution in [-0.4, -0.2) is 38.5 Å². The summed E-state index contributed by atoms with van der Waals surface area (Å²) >= 11 is 0. The van der Waals surface area contributed by atoms with Crippen molar-refractivity contribution >= 4 is 15.9 Å². The normalized spacial score (nSPS) is 17.0. The van der Waals surface area contributed by atoms with E-state index in [1.165, 1.54) is 6.07 Å². The maximum absolute atomic E-state index is 13.3. The van der Waals surface area contributed by atoms with Gasteiger partial charge in [0, 0.05) is 25.2 Å². The van der Waals surface area contributed by atoms with Crippen LogP contribution in [0.4, 0.5) is 0 Å². The van der Waals surface area contributed by atoms with Crippen molar-refractivity contribution in [3.05, 3.63) is 52.6 Å². The topological polar surface area (TPSA) is 84.9 Å². The van der Waals surface area contributed by atoms with Crippen molar-refractivity contribution in [1.82, 2.24) is 9.62 Å². The lowest BCUT2D eigenvalue weighted by molar-refractivity contribution is 0.0950. The number of sulfonamides is 1. The molecule has 0 bridgehead atoms. The summed E-state index contributed by atoms with van der Waals surface area (Å²) in [7, 11) is -3.65. The van der Waals surface area contributed by atoms with Crippen LogP contribution >= 0.6 is 0 Å².